The minimum Gasteiger partial charge on any atom is -0.356 e. The second kappa shape index (κ2) is 8.61. The first kappa shape index (κ1) is 21.1. The number of piperidine rings is 1. The number of hydrogen-bond donors (Lipinski definition) is 0. The van der Waals surface area contributed by atoms with E-state index in [-0.39, 0.29) is 11.4 Å². The van der Waals surface area contributed by atoms with Gasteiger partial charge in [0.1, 0.15) is 11.6 Å². The van der Waals surface area contributed by atoms with E-state index in [9.17, 15) is 9.18 Å². The molecule has 2 aromatic heterocycles. The summed E-state index contributed by atoms with van der Waals surface area (Å²) in [7, 11) is 0. The molecule has 0 N–H and O–H groups in total. The SMILES string of the molecule is Cc1nc2n(c(=O)c1CCN1CCC(c3noc4cc(F)ccc34)CC1)CCCC2I. The minimum absolute atomic E-state index is 0.153. The van der Waals surface area contributed by atoms with Crippen molar-refractivity contribution in [1.82, 2.24) is 19.6 Å². The Balaban J connectivity index is 1.24. The molecule has 6 nitrogen and oxygen atoms in total. The van der Waals surface area contributed by atoms with E-state index < -0.39 is 0 Å². The van der Waals surface area contributed by atoms with E-state index in [0.717, 1.165) is 86.4 Å². The molecule has 0 aliphatic carbocycles. The summed E-state index contributed by atoms with van der Waals surface area (Å²) in [4.78, 5) is 20.3. The third-order valence-electron chi connectivity index (χ3n) is 6.73. The van der Waals surface area contributed by atoms with Crippen molar-refractivity contribution in [3.63, 3.8) is 0 Å². The molecule has 4 heterocycles. The molecule has 3 aromatic rings. The maximum Gasteiger partial charge on any atom is 0.257 e. The van der Waals surface area contributed by atoms with Gasteiger partial charge in [-0.2, -0.15) is 0 Å². The highest BCUT2D eigenvalue weighted by Crippen LogP contribution is 2.33. The molecule has 164 valence electrons. The number of aromatic nitrogens is 3. The Morgan fingerprint density at radius 1 is 1.23 bits per heavy atom. The quantitative estimate of drug-likeness (QED) is 0.363. The Kier molecular flexibility index (Phi) is 5.85. The predicted octanol–water partition coefficient (Wildman–Crippen LogP) is 4.52. The second-order valence-corrected chi connectivity index (χ2v) is 10.2. The van der Waals surface area contributed by atoms with Crippen LogP contribution in [0.5, 0.6) is 0 Å². The van der Waals surface area contributed by atoms with Crippen LogP contribution in [-0.2, 0) is 13.0 Å². The maximum absolute atomic E-state index is 13.4. The molecule has 0 saturated carbocycles. The van der Waals surface area contributed by atoms with Gasteiger partial charge in [-0.25, -0.2) is 9.37 Å². The molecule has 0 spiro atoms. The van der Waals surface area contributed by atoms with E-state index in [4.69, 9.17) is 9.51 Å². The summed E-state index contributed by atoms with van der Waals surface area (Å²) in [5.41, 5.74) is 3.36. The summed E-state index contributed by atoms with van der Waals surface area (Å²) in [6.07, 6.45) is 4.84. The molecule has 0 radical (unpaired) electrons. The number of aryl methyl sites for hydroxylation is 1. The van der Waals surface area contributed by atoms with Crippen LogP contribution in [0.25, 0.3) is 11.0 Å². The first-order valence-electron chi connectivity index (χ1n) is 11.0. The van der Waals surface area contributed by atoms with E-state index in [0.29, 0.717) is 15.4 Å². The predicted molar refractivity (Wildman–Crippen MR) is 125 cm³/mol. The molecule has 31 heavy (non-hydrogen) atoms. The number of benzene rings is 1. The lowest BCUT2D eigenvalue weighted by Gasteiger charge is -2.31. The standard InChI is InChI=1S/C23H26FIN4O2/c1-14-17(23(30)29-9-2-3-19(25)22(29)26-14)8-12-28-10-6-15(7-11-28)21-18-5-4-16(24)13-20(18)31-27-21/h4-5,13,15,19H,2-3,6-12H2,1H3. The van der Waals surface area contributed by atoms with Gasteiger partial charge in [0.2, 0.25) is 0 Å². The summed E-state index contributed by atoms with van der Waals surface area (Å²) < 4.78 is 21.0. The smallest absolute Gasteiger partial charge is 0.257 e. The van der Waals surface area contributed by atoms with E-state index >= 15 is 0 Å². The lowest BCUT2D eigenvalue weighted by atomic mass is 9.91. The zero-order chi connectivity index (χ0) is 21.5. The van der Waals surface area contributed by atoms with Crippen LogP contribution in [0.4, 0.5) is 4.39 Å². The summed E-state index contributed by atoms with van der Waals surface area (Å²) in [5.74, 6) is 0.960. The number of hydrogen-bond acceptors (Lipinski definition) is 5. The average molecular weight is 536 g/mol. The summed E-state index contributed by atoms with van der Waals surface area (Å²) in [6, 6.07) is 4.63. The third-order valence-corrected chi connectivity index (χ3v) is 7.91. The van der Waals surface area contributed by atoms with Crippen LogP contribution in [-0.4, -0.2) is 39.2 Å². The second-order valence-electron chi connectivity index (χ2n) is 8.67. The Morgan fingerprint density at radius 2 is 2.03 bits per heavy atom. The van der Waals surface area contributed by atoms with E-state index in [1.165, 1.54) is 12.1 Å². The van der Waals surface area contributed by atoms with Crippen molar-refractivity contribution in [2.24, 2.45) is 0 Å². The third kappa shape index (κ3) is 4.04. The summed E-state index contributed by atoms with van der Waals surface area (Å²) in [6.45, 7) is 5.53. The van der Waals surface area contributed by atoms with E-state index in [1.54, 1.807) is 6.07 Å². The van der Waals surface area contributed by atoms with Crippen LogP contribution in [0, 0.1) is 12.7 Å². The molecular formula is C23H26FIN4O2. The number of likely N-dealkylation sites (tertiary alicyclic amines) is 1. The van der Waals surface area contributed by atoms with Crippen LogP contribution in [0.2, 0.25) is 0 Å². The first-order chi connectivity index (χ1) is 15.0. The highest BCUT2D eigenvalue weighted by molar-refractivity contribution is 14.1. The molecule has 0 amide bonds. The fraction of sp³-hybridized carbons (Fsp3) is 0.522. The van der Waals surface area contributed by atoms with Gasteiger partial charge in [-0.15, -0.1) is 0 Å². The molecular weight excluding hydrogens is 510 g/mol. The van der Waals surface area contributed by atoms with Gasteiger partial charge in [-0.1, -0.05) is 27.7 Å². The molecule has 2 aliphatic heterocycles. The van der Waals surface area contributed by atoms with Crippen molar-refractivity contribution in [3.8, 4) is 0 Å². The maximum atomic E-state index is 13.4. The van der Waals surface area contributed by atoms with Gasteiger partial charge in [0.05, 0.1) is 9.62 Å². The summed E-state index contributed by atoms with van der Waals surface area (Å²) in [5, 5.41) is 5.15. The number of rotatable bonds is 4. The highest BCUT2D eigenvalue weighted by atomic mass is 127. The van der Waals surface area contributed by atoms with Crippen molar-refractivity contribution in [3.05, 3.63) is 57.1 Å². The molecule has 2 aliphatic rings. The molecule has 1 fully saturated rings. The Bertz CT molecular complexity index is 1170. The fourth-order valence-corrected chi connectivity index (χ4v) is 5.86. The van der Waals surface area contributed by atoms with Crippen LogP contribution >= 0.6 is 22.6 Å². The largest absolute Gasteiger partial charge is 0.356 e. The van der Waals surface area contributed by atoms with Crippen LogP contribution < -0.4 is 5.56 Å². The molecule has 1 aromatic carbocycles. The van der Waals surface area contributed by atoms with Crippen molar-refractivity contribution in [2.45, 2.75) is 55.4 Å². The fourth-order valence-electron chi connectivity index (χ4n) is 4.95. The molecule has 1 atom stereocenters. The molecule has 1 saturated heterocycles. The van der Waals surface area contributed by atoms with Crippen LogP contribution in [0.1, 0.15) is 58.3 Å². The van der Waals surface area contributed by atoms with Crippen molar-refractivity contribution in [1.29, 1.82) is 0 Å². The van der Waals surface area contributed by atoms with Gasteiger partial charge in [0.25, 0.3) is 5.56 Å². The minimum atomic E-state index is -0.304. The van der Waals surface area contributed by atoms with Gasteiger partial charge in [0.15, 0.2) is 5.58 Å². The van der Waals surface area contributed by atoms with E-state index in [1.807, 2.05) is 11.5 Å². The number of fused-ring (bicyclic) bond motifs is 2. The lowest BCUT2D eigenvalue weighted by molar-refractivity contribution is 0.211. The molecule has 0 bridgehead atoms. The molecule has 8 heteroatoms. The van der Waals surface area contributed by atoms with Gasteiger partial charge in [0, 0.05) is 41.7 Å². The Morgan fingerprint density at radius 3 is 2.84 bits per heavy atom. The van der Waals surface area contributed by atoms with Gasteiger partial charge in [-0.05, 0) is 64.3 Å². The molecule has 1 unspecified atom stereocenters. The summed E-state index contributed by atoms with van der Waals surface area (Å²) >= 11 is 2.40. The highest BCUT2D eigenvalue weighted by Gasteiger charge is 2.26. The van der Waals surface area contributed by atoms with Crippen LogP contribution in [0.15, 0.2) is 27.5 Å². The van der Waals surface area contributed by atoms with Crippen LogP contribution in [0.3, 0.4) is 0 Å². The van der Waals surface area contributed by atoms with Crippen molar-refractivity contribution in [2.75, 3.05) is 19.6 Å². The monoisotopic (exact) mass is 536 g/mol. The Hall–Kier alpha value is -1.81. The Labute approximate surface area is 194 Å². The number of nitrogens with zero attached hydrogens (tertiary/aromatic N) is 4. The van der Waals surface area contributed by atoms with E-state index in [2.05, 4.69) is 32.6 Å². The zero-order valence-corrected chi connectivity index (χ0v) is 19.8. The normalized spacial score (nSPS) is 20.3. The van der Waals surface area contributed by atoms with Crippen molar-refractivity contribution < 1.29 is 8.91 Å². The van der Waals surface area contributed by atoms with Gasteiger partial charge < -0.3 is 9.42 Å². The average Bonchev–Trinajstić information content (AvgIpc) is 3.18. The topological polar surface area (TPSA) is 64.2 Å². The zero-order valence-electron chi connectivity index (χ0n) is 17.6. The van der Waals surface area contributed by atoms with Gasteiger partial charge >= 0.3 is 0 Å². The van der Waals surface area contributed by atoms with Gasteiger partial charge in [-0.3, -0.25) is 9.36 Å². The van der Waals surface area contributed by atoms with Crippen molar-refractivity contribution >= 4 is 33.6 Å². The number of halogens is 2. The lowest BCUT2D eigenvalue weighted by Crippen LogP contribution is -2.37. The molecule has 5 rings (SSSR count). The first-order valence-corrected chi connectivity index (χ1v) is 12.3. The number of alkyl halides is 1.